The molecule has 1 unspecified atom stereocenters. The fourth-order valence-electron chi connectivity index (χ4n) is 1.93. The zero-order chi connectivity index (χ0) is 18.7. The number of primary sulfonamides is 1. The van der Waals surface area contributed by atoms with Gasteiger partial charge in [0, 0.05) is 5.69 Å². The molecule has 2 aromatic heterocycles. The van der Waals surface area contributed by atoms with Gasteiger partial charge >= 0.3 is 0 Å². The second-order valence-corrected chi connectivity index (χ2v) is 8.02. The van der Waals surface area contributed by atoms with Crippen LogP contribution in [0.5, 0.6) is 0 Å². The summed E-state index contributed by atoms with van der Waals surface area (Å²) in [6, 6.07) is 8.92. The molecule has 9 nitrogen and oxygen atoms in total. The first-order valence-corrected chi connectivity index (χ1v) is 9.73. The first kappa shape index (κ1) is 18.2. The van der Waals surface area contributed by atoms with Crippen molar-refractivity contribution in [1.29, 1.82) is 0 Å². The summed E-state index contributed by atoms with van der Waals surface area (Å²) in [6.45, 7) is 1.68. The van der Waals surface area contributed by atoms with E-state index in [1.807, 2.05) is 0 Å². The van der Waals surface area contributed by atoms with Gasteiger partial charge in [0.05, 0.1) is 16.4 Å². The molecule has 0 saturated carbocycles. The Labute approximate surface area is 153 Å². The highest BCUT2D eigenvalue weighted by molar-refractivity contribution is 8.00. The largest absolute Gasteiger partial charge is 0.459 e. The molecular formula is C15H14N4O5S2. The van der Waals surface area contributed by atoms with Gasteiger partial charge in [0.15, 0.2) is 5.76 Å². The Balaban J connectivity index is 1.61. The van der Waals surface area contributed by atoms with Crippen molar-refractivity contribution < 1.29 is 22.0 Å². The van der Waals surface area contributed by atoms with Gasteiger partial charge in [-0.05, 0) is 43.3 Å². The van der Waals surface area contributed by atoms with Crippen LogP contribution in [-0.4, -0.2) is 29.8 Å². The van der Waals surface area contributed by atoms with E-state index in [4.69, 9.17) is 14.0 Å². The van der Waals surface area contributed by atoms with Gasteiger partial charge in [0.2, 0.25) is 15.9 Å². The highest BCUT2D eigenvalue weighted by Gasteiger charge is 2.19. The fraction of sp³-hybridized carbons (Fsp3) is 0.133. The molecule has 11 heteroatoms. The second-order valence-electron chi connectivity index (χ2n) is 5.17. The van der Waals surface area contributed by atoms with Crippen LogP contribution in [0.25, 0.3) is 11.7 Å². The predicted molar refractivity (Wildman–Crippen MR) is 93.8 cm³/mol. The van der Waals surface area contributed by atoms with Crippen molar-refractivity contribution in [2.24, 2.45) is 5.14 Å². The second kappa shape index (κ2) is 7.32. The molecule has 1 aromatic carbocycles. The number of rotatable bonds is 6. The van der Waals surface area contributed by atoms with E-state index in [0.717, 1.165) is 11.8 Å². The van der Waals surface area contributed by atoms with E-state index < -0.39 is 15.3 Å². The first-order valence-electron chi connectivity index (χ1n) is 7.31. The molecule has 0 fully saturated rings. The Bertz CT molecular complexity index is 997. The average molecular weight is 394 g/mol. The lowest BCUT2D eigenvalue weighted by molar-refractivity contribution is -0.115. The summed E-state index contributed by atoms with van der Waals surface area (Å²) in [5.41, 5.74) is 0.441. The lowest BCUT2D eigenvalue weighted by Gasteiger charge is -2.10. The molecule has 0 bridgehead atoms. The van der Waals surface area contributed by atoms with Crippen molar-refractivity contribution in [3.05, 3.63) is 42.7 Å². The third kappa shape index (κ3) is 4.31. The number of hydrogen-bond acceptors (Lipinski definition) is 8. The van der Waals surface area contributed by atoms with E-state index in [-0.39, 0.29) is 21.9 Å². The van der Waals surface area contributed by atoms with Crippen molar-refractivity contribution in [1.82, 2.24) is 10.2 Å². The molecule has 0 spiro atoms. The summed E-state index contributed by atoms with van der Waals surface area (Å²) in [6.07, 6.45) is 1.49. The summed E-state index contributed by atoms with van der Waals surface area (Å²) in [5.74, 6) is 0.358. The number of thioether (sulfide) groups is 1. The molecule has 26 heavy (non-hydrogen) atoms. The number of furan rings is 1. The van der Waals surface area contributed by atoms with Crippen LogP contribution in [0.1, 0.15) is 6.92 Å². The molecule has 0 saturated heterocycles. The van der Waals surface area contributed by atoms with Crippen LogP contribution in [-0.2, 0) is 14.8 Å². The summed E-state index contributed by atoms with van der Waals surface area (Å²) in [4.78, 5) is 12.2. The highest BCUT2D eigenvalue weighted by atomic mass is 32.2. The molecular weight excluding hydrogens is 380 g/mol. The van der Waals surface area contributed by atoms with Gasteiger partial charge in [0.1, 0.15) is 0 Å². The topological polar surface area (TPSA) is 141 Å². The van der Waals surface area contributed by atoms with Crippen LogP contribution in [0.2, 0.25) is 0 Å². The quantitative estimate of drug-likeness (QED) is 0.605. The maximum Gasteiger partial charge on any atom is 0.284 e. The summed E-state index contributed by atoms with van der Waals surface area (Å²) >= 11 is 1.09. The summed E-state index contributed by atoms with van der Waals surface area (Å²) < 4.78 is 33.0. The van der Waals surface area contributed by atoms with Crippen LogP contribution < -0.4 is 10.5 Å². The lowest BCUT2D eigenvalue weighted by atomic mass is 10.3. The van der Waals surface area contributed by atoms with E-state index in [2.05, 4.69) is 15.5 Å². The Morgan fingerprint density at radius 3 is 2.58 bits per heavy atom. The van der Waals surface area contributed by atoms with Gasteiger partial charge in [-0.3, -0.25) is 4.79 Å². The van der Waals surface area contributed by atoms with Crippen LogP contribution in [0, 0.1) is 0 Å². The van der Waals surface area contributed by atoms with Crippen LogP contribution in [0.3, 0.4) is 0 Å². The standard InChI is InChI=1S/C15H14N4O5S2/c1-9(25-15-19-18-14(24-15)12-3-2-8-23-12)13(20)17-10-4-6-11(7-5-10)26(16,21)22/h2-9H,1H3,(H,17,20)(H2,16,21,22). The number of amides is 1. The number of anilines is 1. The Morgan fingerprint density at radius 1 is 1.23 bits per heavy atom. The molecule has 3 aromatic rings. The third-order valence-corrected chi connectivity index (χ3v) is 5.10. The number of nitrogens with two attached hydrogens (primary N) is 1. The van der Waals surface area contributed by atoms with Crippen molar-refractivity contribution in [3.8, 4) is 11.7 Å². The zero-order valence-corrected chi connectivity index (χ0v) is 15.1. The van der Waals surface area contributed by atoms with Gasteiger partial charge in [-0.15, -0.1) is 10.2 Å². The maximum atomic E-state index is 12.3. The number of hydrogen-bond donors (Lipinski definition) is 2. The number of aromatic nitrogens is 2. The number of nitrogens with zero attached hydrogens (tertiary/aromatic N) is 2. The molecule has 2 heterocycles. The first-order chi connectivity index (χ1) is 12.3. The Hall–Kier alpha value is -2.63. The highest BCUT2D eigenvalue weighted by Crippen LogP contribution is 2.27. The number of benzene rings is 1. The smallest absolute Gasteiger partial charge is 0.284 e. The van der Waals surface area contributed by atoms with Crippen molar-refractivity contribution in [2.45, 2.75) is 22.3 Å². The Morgan fingerprint density at radius 2 is 1.96 bits per heavy atom. The van der Waals surface area contributed by atoms with Crippen molar-refractivity contribution in [3.63, 3.8) is 0 Å². The minimum atomic E-state index is -3.77. The van der Waals surface area contributed by atoms with Gasteiger partial charge < -0.3 is 14.2 Å². The Kier molecular flexibility index (Phi) is 5.11. The van der Waals surface area contributed by atoms with E-state index in [0.29, 0.717) is 11.4 Å². The van der Waals surface area contributed by atoms with Crippen molar-refractivity contribution in [2.75, 3.05) is 5.32 Å². The van der Waals surface area contributed by atoms with E-state index in [1.54, 1.807) is 19.1 Å². The minimum absolute atomic E-state index is 0.0331. The normalized spacial score (nSPS) is 12.7. The van der Waals surface area contributed by atoms with Crippen LogP contribution >= 0.6 is 11.8 Å². The maximum absolute atomic E-state index is 12.3. The molecule has 3 rings (SSSR count). The van der Waals surface area contributed by atoms with Crippen LogP contribution in [0.15, 0.2) is 61.6 Å². The minimum Gasteiger partial charge on any atom is -0.459 e. The van der Waals surface area contributed by atoms with Gasteiger partial charge in [0.25, 0.3) is 11.1 Å². The average Bonchev–Trinajstić information content (AvgIpc) is 3.25. The molecule has 0 aliphatic carbocycles. The summed E-state index contributed by atoms with van der Waals surface area (Å²) in [7, 11) is -3.77. The zero-order valence-electron chi connectivity index (χ0n) is 13.4. The fourth-order valence-corrected chi connectivity index (χ4v) is 3.13. The van der Waals surface area contributed by atoms with E-state index >= 15 is 0 Å². The van der Waals surface area contributed by atoms with Gasteiger partial charge in [-0.2, -0.15) is 0 Å². The third-order valence-electron chi connectivity index (χ3n) is 3.24. The van der Waals surface area contributed by atoms with Crippen molar-refractivity contribution >= 4 is 33.4 Å². The molecule has 1 amide bonds. The van der Waals surface area contributed by atoms with E-state index in [9.17, 15) is 13.2 Å². The monoisotopic (exact) mass is 394 g/mol. The number of sulfonamides is 1. The molecule has 136 valence electrons. The van der Waals surface area contributed by atoms with Gasteiger partial charge in [-0.25, -0.2) is 13.6 Å². The molecule has 0 aliphatic rings. The lowest BCUT2D eigenvalue weighted by Crippen LogP contribution is -2.22. The molecule has 0 radical (unpaired) electrons. The number of carbonyl (C=O) groups is 1. The number of nitrogens with one attached hydrogen (secondary N) is 1. The van der Waals surface area contributed by atoms with Crippen LogP contribution in [0.4, 0.5) is 5.69 Å². The SMILES string of the molecule is CC(Sc1nnc(-c2ccco2)o1)C(=O)Nc1ccc(S(N)(=O)=O)cc1. The van der Waals surface area contributed by atoms with Gasteiger partial charge in [-0.1, -0.05) is 11.8 Å². The number of carbonyl (C=O) groups excluding carboxylic acids is 1. The summed E-state index contributed by atoms with van der Waals surface area (Å²) in [5, 5.41) is 15.1. The molecule has 1 atom stereocenters. The predicted octanol–water partition coefficient (Wildman–Crippen LogP) is 2.10. The molecule has 0 aliphatic heterocycles. The molecule has 3 N–H and O–H groups in total. The van der Waals surface area contributed by atoms with E-state index in [1.165, 1.54) is 30.5 Å².